The van der Waals surface area contributed by atoms with Crippen molar-refractivity contribution in [2.45, 2.75) is 64.1 Å². The summed E-state index contributed by atoms with van der Waals surface area (Å²) in [6.45, 7) is 5.65. The van der Waals surface area contributed by atoms with E-state index in [4.69, 9.17) is 15.2 Å². The Morgan fingerprint density at radius 3 is 2.61 bits per heavy atom. The third-order valence-corrected chi connectivity index (χ3v) is 7.59. The Labute approximate surface area is 237 Å². The van der Waals surface area contributed by atoms with Gasteiger partial charge in [0, 0.05) is 43.0 Å². The molecule has 1 aliphatic rings. The summed E-state index contributed by atoms with van der Waals surface area (Å²) >= 11 is 0. The smallest absolute Gasteiger partial charge is 0.407 e. The number of nitrogens with two attached hydrogens (primary N) is 1. The van der Waals surface area contributed by atoms with Gasteiger partial charge in [-0.25, -0.2) is 23.1 Å². The van der Waals surface area contributed by atoms with Crippen LogP contribution in [0.15, 0.2) is 48.9 Å². The molecule has 1 amide bonds. The highest BCUT2D eigenvalue weighted by atomic mass is 19.1. The van der Waals surface area contributed by atoms with Crippen LogP contribution in [-0.4, -0.2) is 51.0 Å². The second-order valence-electron chi connectivity index (χ2n) is 10.9. The van der Waals surface area contributed by atoms with E-state index in [0.29, 0.717) is 24.2 Å². The highest BCUT2D eigenvalue weighted by Gasteiger charge is 2.36. The van der Waals surface area contributed by atoms with Crippen molar-refractivity contribution in [3.05, 3.63) is 77.5 Å². The fourth-order valence-electron chi connectivity index (χ4n) is 5.76. The number of rotatable bonds is 7. The minimum absolute atomic E-state index is 0.122. The van der Waals surface area contributed by atoms with Crippen molar-refractivity contribution in [2.75, 3.05) is 7.11 Å². The lowest BCUT2D eigenvalue weighted by Gasteiger charge is -2.39. The number of ether oxygens (including phenoxy) is 2. The molecule has 1 aromatic carbocycles. The number of amides is 1. The van der Waals surface area contributed by atoms with Gasteiger partial charge in [-0.15, -0.1) is 0 Å². The van der Waals surface area contributed by atoms with E-state index in [2.05, 4.69) is 27.3 Å². The Balaban J connectivity index is 1.43. The summed E-state index contributed by atoms with van der Waals surface area (Å²) in [6, 6.07) is 7.20. The molecule has 41 heavy (non-hydrogen) atoms. The van der Waals surface area contributed by atoms with Crippen molar-refractivity contribution >= 4 is 11.6 Å². The third kappa shape index (κ3) is 6.00. The monoisotopic (exact) mass is 564 g/mol. The topological polar surface area (TPSA) is 117 Å². The van der Waals surface area contributed by atoms with Crippen LogP contribution in [0, 0.1) is 17.6 Å². The van der Waals surface area contributed by atoms with Crippen molar-refractivity contribution < 1.29 is 23.0 Å². The molecule has 4 aromatic rings. The van der Waals surface area contributed by atoms with Crippen LogP contribution in [0.5, 0.6) is 5.75 Å². The van der Waals surface area contributed by atoms with Gasteiger partial charge in [-0.3, -0.25) is 4.98 Å². The standard InChI is InChI=1S/C30H34F2N6O3/c1-16(2)41-21-12-23(31)28(24(32)13-21)26-6-5-20-15-35-27(38(20)37-26)11-19-14-34-8-7-22(19)18-9-17(3)29(25(33)10-18)36-30(39)40-4/h5-8,12-18,25,29H,9-11,33H2,1-4H3,(H,36,39)/t17-,18+,25+,29-/m0/s1. The van der Waals surface area contributed by atoms with Crippen LogP contribution in [0.25, 0.3) is 16.8 Å². The average Bonchev–Trinajstić information content (AvgIpc) is 3.32. The van der Waals surface area contributed by atoms with Crippen LogP contribution in [0.1, 0.15) is 56.5 Å². The van der Waals surface area contributed by atoms with Crippen molar-refractivity contribution in [1.29, 1.82) is 0 Å². The maximum atomic E-state index is 15.0. The summed E-state index contributed by atoms with van der Waals surface area (Å²) in [7, 11) is 1.34. The molecule has 5 rings (SSSR count). The van der Waals surface area contributed by atoms with Gasteiger partial charge >= 0.3 is 6.09 Å². The van der Waals surface area contributed by atoms with Gasteiger partial charge in [0.05, 0.1) is 36.2 Å². The first-order valence-electron chi connectivity index (χ1n) is 13.7. The number of nitrogens with one attached hydrogen (secondary N) is 1. The molecule has 3 aromatic heterocycles. The van der Waals surface area contributed by atoms with E-state index in [1.165, 1.54) is 19.2 Å². The fourth-order valence-corrected chi connectivity index (χ4v) is 5.76. The average molecular weight is 565 g/mol. The van der Waals surface area contributed by atoms with E-state index in [1.54, 1.807) is 42.9 Å². The number of methoxy groups -OCH3 is 1. The minimum atomic E-state index is -0.758. The molecule has 1 aliphatic carbocycles. The number of halogens is 2. The molecular weight excluding hydrogens is 530 g/mol. The fraction of sp³-hybridized carbons (Fsp3) is 0.400. The van der Waals surface area contributed by atoms with Crippen molar-refractivity contribution in [3.63, 3.8) is 0 Å². The molecule has 0 unspecified atom stereocenters. The molecule has 1 fully saturated rings. The zero-order chi connectivity index (χ0) is 29.3. The number of hydrogen-bond donors (Lipinski definition) is 2. The second kappa shape index (κ2) is 11.8. The third-order valence-electron chi connectivity index (χ3n) is 7.59. The van der Waals surface area contributed by atoms with E-state index in [0.717, 1.165) is 17.5 Å². The lowest BCUT2D eigenvalue weighted by atomic mass is 9.72. The summed E-state index contributed by atoms with van der Waals surface area (Å²) in [5, 5.41) is 7.44. The molecule has 11 heteroatoms. The van der Waals surface area contributed by atoms with Gasteiger partial charge in [-0.1, -0.05) is 6.92 Å². The number of carbonyl (C=O) groups excluding carboxylic acids is 1. The number of pyridine rings is 1. The van der Waals surface area contributed by atoms with E-state index in [9.17, 15) is 4.79 Å². The number of imidazole rings is 1. The molecule has 0 spiro atoms. The van der Waals surface area contributed by atoms with Crippen LogP contribution in [0.3, 0.4) is 0 Å². The van der Waals surface area contributed by atoms with E-state index in [1.807, 2.05) is 12.3 Å². The maximum Gasteiger partial charge on any atom is 0.407 e. The minimum Gasteiger partial charge on any atom is -0.491 e. The highest BCUT2D eigenvalue weighted by Crippen LogP contribution is 2.38. The summed E-state index contributed by atoms with van der Waals surface area (Å²) in [5.41, 5.74) is 9.18. The number of benzene rings is 1. The molecule has 0 bridgehead atoms. The molecule has 3 heterocycles. The van der Waals surface area contributed by atoms with Crippen LogP contribution in [0.2, 0.25) is 0 Å². The van der Waals surface area contributed by atoms with Gasteiger partial charge in [-0.2, -0.15) is 5.10 Å². The lowest BCUT2D eigenvalue weighted by Crippen LogP contribution is -2.54. The van der Waals surface area contributed by atoms with Crippen molar-refractivity contribution in [1.82, 2.24) is 24.9 Å². The number of carbonyl (C=O) groups is 1. The molecule has 9 nitrogen and oxygen atoms in total. The van der Waals surface area contributed by atoms with Crippen LogP contribution >= 0.6 is 0 Å². The van der Waals surface area contributed by atoms with Gasteiger partial charge in [0.1, 0.15) is 23.2 Å². The van der Waals surface area contributed by atoms with Crippen molar-refractivity contribution in [3.8, 4) is 17.0 Å². The Morgan fingerprint density at radius 2 is 1.93 bits per heavy atom. The van der Waals surface area contributed by atoms with Gasteiger partial charge in [0.25, 0.3) is 0 Å². The van der Waals surface area contributed by atoms with Crippen LogP contribution in [-0.2, 0) is 11.2 Å². The first kappa shape index (κ1) is 28.4. The number of alkyl carbamates (subject to hydrolysis) is 1. The predicted molar refractivity (Wildman–Crippen MR) is 150 cm³/mol. The van der Waals surface area contributed by atoms with Gasteiger partial charge in [0.2, 0.25) is 0 Å². The molecular formula is C30H34F2N6O3. The van der Waals surface area contributed by atoms with Crippen molar-refractivity contribution in [2.24, 2.45) is 11.7 Å². The van der Waals surface area contributed by atoms with Gasteiger partial charge < -0.3 is 20.5 Å². The molecule has 0 aliphatic heterocycles. The number of aromatic nitrogens is 4. The Bertz CT molecular complexity index is 1520. The molecule has 3 N–H and O–H groups in total. The van der Waals surface area contributed by atoms with Gasteiger partial charge in [0.15, 0.2) is 0 Å². The van der Waals surface area contributed by atoms with Crippen LogP contribution in [0.4, 0.5) is 13.6 Å². The lowest BCUT2D eigenvalue weighted by molar-refractivity contribution is 0.149. The SMILES string of the molecule is COC(=O)N[C@@H]1[C@H](N)C[C@H](c2ccncc2Cc2ncc3ccc(-c4c(F)cc(OC(C)C)cc4F)nn23)C[C@@H]1C. The molecule has 4 atom stereocenters. The number of hydrogen-bond acceptors (Lipinski definition) is 7. The largest absolute Gasteiger partial charge is 0.491 e. The number of fused-ring (bicyclic) bond motifs is 1. The van der Waals surface area contributed by atoms with Crippen LogP contribution < -0.4 is 15.8 Å². The normalized spacial score (nSPS) is 20.8. The quantitative estimate of drug-likeness (QED) is 0.324. The summed E-state index contributed by atoms with van der Waals surface area (Å²) in [6.07, 6.45) is 6.44. The molecule has 0 saturated heterocycles. The first-order chi connectivity index (χ1) is 19.6. The Hall–Kier alpha value is -4.12. The molecule has 216 valence electrons. The zero-order valence-corrected chi connectivity index (χ0v) is 23.5. The zero-order valence-electron chi connectivity index (χ0n) is 23.5. The summed E-state index contributed by atoms with van der Waals surface area (Å²) in [4.78, 5) is 20.7. The Kier molecular flexibility index (Phi) is 8.16. The second-order valence-corrected chi connectivity index (χ2v) is 10.9. The van der Waals surface area contributed by atoms with E-state index >= 15 is 8.78 Å². The molecule has 0 radical (unpaired) electrons. The summed E-state index contributed by atoms with van der Waals surface area (Å²) < 4.78 is 41.9. The highest BCUT2D eigenvalue weighted by molar-refractivity contribution is 5.67. The summed E-state index contributed by atoms with van der Waals surface area (Å²) in [5.74, 6) is -0.509. The van der Waals surface area contributed by atoms with E-state index in [-0.39, 0.29) is 47.0 Å². The molecule has 1 saturated carbocycles. The predicted octanol–water partition coefficient (Wildman–Crippen LogP) is 5.01. The maximum absolute atomic E-state index is 15.0. The number of nitrogens with zero attached hydrogens (tertiary/aromatic N) is 4. The Morgan fingerprint density at radius 1 is 1.17 bits per heavy atom. The van der Waals surface area contributed by atoms with E-state index < -0.39 is 17.7 Å². The van der Waals surface area contributed by atoms with Gasteiger partial charge in [-0.05, 0) is 67.9 Å². The first-order valence-corrected chi connectivity index (χ1v) is 13.7.